The van der Waals surface area contributed by atoms with Crippen LogP contribution in [-0.2, 0) is 20.9 Å². The number of benzene rings is 2. The number of nitrogens with zero attached hydrogens (tertiary/aromatic N) is 2. The number of carbonyl (C=O) groups is 2. The van der Waals surface area contributed by atoms with Crippen molar-refractivity contribution in [2.75, 3.05) is 27.4 Å². The van der Waals surface area contributed by atoms with Crippen LogP contribution in [0.4, 0.5) is 5.69 Å². The maximum Gasteiger partial charge on any atom is 0.269 e. The normalized spacial score (nSPS) is 17.6. The van der Waals surface area contributed by atoms with Crippen LogP contribution in [0, 0.1) is 10.1 Å². The smallest absolute Gasteiger partial charge is 0.269 e. The topological polar surface area (TPSA) is 108 Å². The third-order valence-electron chi connectivity index (χ3n) is 7.70. The monoisotopic (exact) mass is 566 g/mol. The van der Waals surface area contributed by atoms with Crippen molar-refractivity contribution in [1.29, 1.82) is 0 Å². The molecule has 0 saturated heterocycles. The van der Waals surface area contributed by atoms with Gasteiger partial charge in [-0.25, -0.2) is 0 Å². The molecule has 0 amide bonds. The van der Waals surface area contributed by atoms with E-state index >= 15 is 0 Å². The van der Waals surface area contributed by atoms with E-state index in [0.717, 1.165) is 37.1 Å². The van der Waals surface area contributed by atoms with E-state index in [2.05, 4.69) is 4.90 Å². The third kappa shape index (κ3) is 5.23. The zero-order valence-corrected chi connectivity index (χ0v) is 23.3. The van der Waals surface area contributed by atoms with Crippen LogP contribution in [-0.4, -0.2) is 48.8 Å². The average molecular weight is 567 g/mol. The number of non-ortho nitro benzene ring substituents is 1. The van der Waals surface area contributed by atoms with Crippen molar-refractivity contribution >= 4 is 28.9 Å². The van der Waals surface area contributed by atoms with Gasteiger partial charge >= 0.3 is 0 Å². The molecule has 5 rings (SSSR count). The lowest BCUT2D eigenvalue weighted by Crippen LogP contribution is -2.40. The Morgan fingerprint density at radius 3 is 2.27 bits per heavy atom. The van der Waals surface area contributed by atoms with Crippen molar-refractivity contribution in [3.05, 3.63) is 85.2 Å². The van der Waals surface area contributed by atoms with Crippen LogP contribution in [0.2, 0.25) is 5.02 Å². The summed E-state index contributed by atoms with van der Waals surface area (Å²) in [5, 5.41) is 11.4. The average Bonchev–Trinajstić information content (AvgIpc) is 2.95. The van der Waals surface area contributed by atoms with E-state index in [1.165, 1.54) is 19.2 Å². The van der Waals surface area contributed by atoms with Gasteiger partial charge in [-0.1, -0.05) is 23.7 Å². The summed E-state index contributed by atoms with van der Waals surface area (Å²) in [5.41, 5.74) is 4.50. The second-order valence-electron chi connectivity index (χ2n) is 10.1. The standard InChI is InChI=1S/C30H31ClN2O7/c1-38-13-12-32-22-8-4-10-24(34)28(22)27(29-23(32)9-5-11-25(29)35)19-15-21(31)30(26(16-19)39-2)40-17-18-6-3-7-20(14-18)33(36)37/h3,6-7,14-16,27H,4-5,8-13,17H2,1-2H3. The molecule has 210 valence electrons. The molecule has 3 aliphatic rings. The Morgan fingerprint density at radius 1 is 1.00 bits per heavy atom. The summed E-state index contributed by atoms with van der Waals surface area (Å²) < 4.78 is 17.0. The van der Waals surface area contributed by atoms with Crippen molar-refractivity contribution in [2.24, 2.45) is 0 Å². The summed E-state index contributed by atoms with van der Waals surface area (Å²) in [6, 6.07) is 9.70. The minimum Gasteiger partial charge on any atom is -0.493 e. The maximum absolute atomic E-state index is 13.5. The summed E-state index contributed by atoms with van der Waals surface area (Å²) in [6.45, 7) is 1.10. The number of allylic oxidation sites excluding steroid dienone is 4. The van der Waals surface area contributed by atoms with Gasteiger partial charge < -0.3 is 19.1 Å². The molecular weight excluding hydrogens is 536 g/mol. The highest BCUT2D eigenvalue weighted by atomic mass is 35.5. The van der Waals surface area contributed by atoms with Gasteiger partial charge in [0.25, 0.3) is 5.69 Å². The third-order valence-corrected chi connectivity index (χ3v) is 7.98. The van der Waals surface area contributed by atoms with Crippen LogP contribution in [0.5, 0.6) is 11.5 Å². The lowest BCUT2D eigenvalue weighted by molar-refractivity contribution is -0.384. The Balaban J connectivity index is 1.56. The van der Waals surface area contributed by atoms with E-state index in [1.807, 2.05) is 0 Å². The van der Waals surface area contributed by atoms with Gasteiger partial charge in [0, 0.05) is 67.1 Å². The summed E-state index contributed by atoms with van der Waals surface area (Å²) in [5.74, 6) is 0.178. The number of carbonyl (C=O) groups excluding carboxylic acids is 2. The summed E-state index contributed by atoms with van der Waals surface area (Å²) in [7, 11) is 3.14. The van der Waals surface area contributed by atoms with E-state index in [4.69, 9.17) is 25.8 Å². The van der Waals surface area contributed by atoms with Crippen molar-refractivity contribution in [3.63, 3.8) is 0 Å². The fourth-order valence-electron chi connectivity index (χ4n) is 5.96. The minimum atomic E-state index is -0.540. The Morgan fingerprint density at radius 2 is 1.68 bits per heavy atom. The van der Waals surface area contributed by atoms with Gasteiger partial charge in [-0.05, 0) is 48.9 Å². The number of methoxy groups -OCH3 is 2. The predicted octanol–water partition coefficient (Wildman–Crippen LogP) is 5.90. The number of ketones is 2. The summed E-state index contributed by atoms with van der Waals surface area (Å²) >= 11 is 6.76. The number of nitro benzene ring substituents is 1. The fraction of sp³-hybridized carbons (Fsp3) is 0.400. The van der Waals surface area contributed by atoms with Gasteiger partial charge in [0.05, 0.1) is 23.7 Å². The molecule has 2 aromatic rings. The molecule has 0 bridgehead atoms. The van der Waals surface area contributed by atoms with Crippen LogP contribution >= 0.6 is 11.6 Å². The number of hydrogen-bond acceptors (Lipinski definition) is 8. The van der Waals surface area contributed by atoms with Gasteiger partial charge in [0.15, 0.2) is 23.1 Å². The zero-order chi connectivity index (χ0) is 28.4. The molecule has 10 heteroatoms. The van der Waals surface area contributed by atoms with Crippen molar-refractivity contribution < 1.29 is 28.7 Å². The molecule has 2 aromatic carbocycles. The number of hydrogen-bond donors (Lipinski definition) is 0. The van der Waals surface area contributed by atoms with Crippen LogP contribution in [0.25, 0.3) is 0 Å². The van der Waals surface area contributed by atoms with E-state index in [0.29, 0.717) is 54.0 Å². The van der Waals surface area contributed by atoms with Crippen molar-refractivity contribution in [3.8, 4) is 11.5 Å². The second kappa shape index (κ2) is 11.8. The zero-order valence-electron chi connectivity index (χ0n) is 22.5. The van der Waals surface area contributed by atoms with Gasteiger partial charge in [0.1, 0.15) is 6.61 Å². The van der Waals surface area contributed by atoms with Crippen LogP contribution < -0.4 is 9.47 Å². The molecule has 0 radical (unpaired) electrons. The molecule has 0 aromatic heterocycles. The van der Waals surface area contributed by atoms with E-state index in [9.17, 15) is 19.7 Å². The molecule has 2 aliphatic carbocycles. The largest absolute Gasteiger partial charge is 0.493 e. The summed E-state index contributed by atoms with van der Waals surface area (Å²) in [4.78, 5) is 39.8. The maximum atomic E-state index is 13.5. The first kappa shape index (κ1) is 27.9. The molecule has 0 N–H and O–H groups in total. The Kier molecular flexibility index (Phi) is 8.23. The van der Waals surface area contributed by atoms with Crippen molar-refractivity contribution in [1.82, 2.24) is 4.90 Å². The van der Waals surface area contributed by atoms with Crippen LogP contribution in [0.15, 0.2) is 58.9 Å². The SMILES string of the molecule is COCCN1C2=C(C(=O)CCC2)C(c2cc(Cl)c(OCc3cccc([N+](=O)[O-])c3)c(OC)c2)C2=C1CCCC2=O. The summed E-state index contributed by atoms with van der Waals surface area (Å²) in [6.07, 6.45) is 3.89. The fourth-order valence-corrected chi connectivity index (χ4v) is 6.24. The molecular formula is C30H31ClN2O7. The number of ether oxygens (including phenoxy) is 3. The lowest BCUT2D eigenvalue weighted by Gasteiger charge is -2.44. The molecule has 1 aliphatic heterocycles. The van der Waals surface area contributed by atoms with E-state index in [-0.39, 0.29) is 34.6 Å². The lowest BCUT2D eigenvalue weighted by atomic mass is 9.71. The minimum absolute atomic E-state index is 0.0335. The Hall–Kier alpha value is -3.69. The van der Waals surface area contributed by atoms with Crippen LogP contribution in [0.3, 0.4) is 0 Å². The van der Waals surface area contributed by atoms with E-state index in [1.54, 1.807) is 31.4 Å². The molecule has 0 spiro atoms. The first-order valence-electron chi connectivity index (χ1n) is 13.4. The first-order chi connectivity index (χ1) is 19.3. The highest BCUT2D eigenvalue weighted by Crippen LogP contribution is 2.51. The molecule has 9 nitrogen and oxygen atoms in total. The molecule has 0 unspecified atom stereocenters. The predicted molar refractivity (Wildman–Crippen MR) is 149 cm³/mol. The molecule has 40 heavy (non-hydrogen) atoms. The number of nitro groups is 1. The number of rotatable bonds is 9. The van der Waals surface area contributed by atoms with Gasteiger partial charge in [-0.15, -0.1) is 0 Å². The first-order valence-corrected chi connectivity index (χ1v) is 13.7. The second-order valence-corrected chi connectivity index (χ2v) is 10.5. The Bertz CT molecular complexity index is 1390. The van der Waals surface area contributed by atoms with Crippen LogP contribution in [0.1, 0.15) is 55.6 Å². The number of halogens is 1. The molecule has 0 saturated carbocycles. The highest BCUT2D eigenvalue weighted by molar-refractivity contribution is 6.32. The number of Topliss-reactive ketones (excluding diaryl/α,β-unsaturated/α-hetero) is 2. The molecule has 0 fully saturated rings. The van der Waals surface area contributed by atoms with Crippen molar-refractivity contribution in [2.45, 2.75) is 51.0 Å². The molecule has 1 heterocycles. The van der Waals surface area contributed by atoms with Gasteiger partial charge in [-0.3, -0.25) is 19.7 Å². The quantitative estimate of drug-likeness (QED) is 0.273. The Labute approximate surface area is 237 Å². The highest BCUT2D eigenvalue weighted by Gasteiger charge is 2.43. The van der Waals surface area contributed by atoms with E-state index < -0.39 is 10.8 Å². The van der Waals surface area contributed by atoms with Gasteiger partial charge in [0.2, 0.25) is 0 Å². The van der Waals surface area contributed by atoms with Gasteiger partial charge in [-0.2, -0.15) is 0 Å². The molecule has 0 atom stereocenters.